The average molecular weight is 467 g/mol. The summed E-state index contributed by atoms with van der Waals surface area (Å²) in [5.74, 6) is 2.20. The van der Waals surface area contributed by atoms with E-state index in [1.165, 1.54) is 5.69 Å². The van der Waals surface area contributed by atoms with Crippen LogP contribution in [-0.2, 0) is 10.2 Å². The molecular weight excluding hydrogens is 428 g/mol. The van der Waals surface area contributed by atoms with Gasteiger partial charge >= 0.3 is 0 Å². The number of fused-ring (bicyclic) bond motifs is 1. The second-order valence-corrected chi connectivity index (χ2v) is 10.2. The molecule has 2 aliphatic heterocycles. The summed E-state index contributed by atoms with van der Waals surface area (Å²) < 4.78 is 11.9. The van der Waals surface area contributed by atoms with Crippen molar-refractivity contribution >= 4 is 17.4 Å². The smallest absolute Gasteiger partial charge is 0.226 e. The zero-order valence-corrected chi connectivity index (χ0v) is 21.0. The quantitative estimate of drug-likeness (QED) is 0.550. The number of piperazine rings is 1. The number of anilines is 2. The lowest BCUT2D eigenvalue weighted by atomic mass is 9.79. The van der Waals surface area contributed by atoms with E-state index in [-0.39, 0.29) is 17.4 Å². The van der Waals surface area contributed by atoms with Gasteiger partial charge in [-0.25, -0.2) is 0 Å². The fraction of sp³-hybridized carbons (Fsp3) is 0.556. The van der Waals surface area contributed by atoms with Gasteiger partial charge in [-0.3, -0.25) is 9.69 Å². The number of para-hydroxylation sites is 2. The van der Waals surface area contributed by atoms with Crippen LogP contribution >= 0.6 is 0 Å². The highest BCUT2D eigenvalue weighted by Gasteiger charge is 2.33. The van der Waals surface area contributed by atoms with Gasteiger partial charge in [0.1, 0.15) is 11.6 Å². The lowest BCUT2D eigenvalue weighted by molar-refractivity contribution is -0.117. The summed E-state index contributed by atoms with van der Waals surface area (Å²) in [7, 11) is 0. The van der Waals surface area contributed by atoms with Crippen LogP contribution in [0, 0.1) is 0 Å². The van der Waals surface area contributed by atoms with Crippen LogP contribution in [0.1, 0.15) is 52.5 Å². The number of aromatic nitrogens is 1. The molecule has 0 unspecified atom stereocenters. The predicted octanol–water partition coefficient (Wildman–Crippen LogP) is 4.47. The van der Waals surface area contributed by atoms with Crippen molar-refractivity contribution in [1.29, 1.82) is 0 Å². The minimum atomic E-state index is -0.198. The predicted molar refractivity (Wildman–Crippen MR) is 136 cm³/mol. The SMILES string of the molecule is CC(C)Oc1ccccc1N1CCN(CCCCOc2ccc3c(n2)NC(=O)CC3(C)C)CC1. The summed E-state index contributed by atoms with van der Waals surface area (Å²) in [6, 6.07) is 12.3. The molecule has 2 aliphatic rings. The molecule has 2 aromatic rings. The van der Waals surface area contributed by atoms with E-state index in [0.29, 0.717) is 24.7 Å². The van der Waals surface area contributed by atoms with Gasteiger partial charge in [0.2, 0.25) is 11.8 Å². The summed E-state index contributed by atoms with van der Waals surface area (Å²) in [5.41, 5.74) is 2.06. The lowest BCUT2D eigenvalue weighted by Gasteiger charge is -2.37. The van der Waals surface area contributed by atoms with Crippen LogP contribution in [0.2, 0.25) is 0 Å². The van der Waals surface area contributed by atoms with E-state index in [1.54, 1.807) is 0 Å². The van der Waals surface area contributed by atoms with Gasteiger partial charge in [-0.1, -0.05) is 26.0 Å². The van der Waals surface area contributed by atoms with E-state index in [1.807, 2.05) is 18.2 Å². The number of hydrogen-bond acceptors (Lipinski definition) is 6. The number of carbonyl (C=O) groups is 1. The Hall–Kier alpha value is -2.80. The van der Waals surface area contributed by atoms with Crippen molar-refractivity contribution in [2.75, 3.05) is 49.5 Å². The van der Waals surface area contributed by atoms with Crippen molar-refractivity contribution in [3.63, 3.8) is 0 Å². The molecule has 4 rings (SSSR count). The molecule has 1 amide bonds. The normalized spacial score (nSPS) is 17.9. The molecule has 0 atom stereocenters. The van der Waals surface area contributed by atoms with E-state index in [2.05, 4.69) is 66.0 Å². The molecule has 1 N–H and O–H groups in total. The Balaban J connectivity index is 1.18. The first-order valence-corrected chi connectivity index (χ1v) is 12.5. The monoisotopic (exact) mass is 466 g/mol. The van der Waals surface area contributed by atoms with Gasteiger partial charge in [0.15, 0.2) is 0 Å². The molecule has 7 heteroatoms. The number of nitrogens with one attached hydrogen (secondary N) is 1. The zero-order chi connectivity index (χ0) is 24.1. The van der Waals surface area contributed by atoms with Crippen LogP contribution < -0.4 is 19.7 Å². The van der Waals surface area contributed by atoms with E-state index in [9.17, 15) is 4.79 Å². The van der Waals surface area contributed by atoms with Crippen LogP contribution in [-0.4, -0.2) is 61.2 Å². The van der Waals surface area contributed by atoms with E-state index in [4.69, 9.17) is 9.47 Å². The molecule has 3 heterocycles. The van der Waals surface area contributed by atoms with E-state index >= 15 is 0 Å². The molecule has 0 bridgehead atoms. The molecule has 184 valence electrons. The van der Waals surface area contributed by atoms with Gasteiger partial charge in [0.25, 0.3) is 0 Å². The van der Waals surface area contributed by atoms with Gasteiger partial charge in [-0.05, 0) is 51.4 Å². The first-order chi connectivity index (χ1) is 16.3. The van der Waals surface area contributed by atoms with Gasteiger partial charge in [-0.15, -0.1) is 0 Å². The molecule has 34 heavy (non-hydrogen) atoms. The Bertz CT molecular complexity index is 984. The summed E-state index contributed by atoms with van der Waals surface area (Å²) in [5, 5.41) is 2.88. The number of nitrogens with zero attached hydrogens (tertiary/aromatic N) is 3. The first kappa shape index (κ1) is 24.3. The van der Waals surface area contributed by atoms with Crippen molar-refractivity contribution in [2.24, 2.45) is 0 Å². The van der Waals surface area contributed by atoms with Crippen LogP contribution in [0.15, 0.2) is 36.4 Å². The molecular formula is C27H38N4O3. The topological polar surface area (TPSA) is 66.9 Å². The van der Waals surface area contributed by atoms with Gasteiger partial charge in [0.05, 0.1) is 18.4 Å². The molecule has 0 saturated carbocycles. The number of unbranched alkanes of at least 4 members (excludes halogenated alkanes) is 1. The fourth-order valence-corrected chi connectivity index (χ4v) is 4.73. The van der Waals surface area contributed by atoms with Crippen molar-refractivity contribution < 1.29 is 14.3 Å². The van der Waals surface area contributed by atoms with Crippen LogP contribution in [0.4, 0.5) is 11.5 Å². The fourth-order valence-electron chi connectivity index (χ4n) is 4.73. The number of ether oxygens (including phenoxy) is 2. The van der Waals surface area contributed by atoms with Gasteiger partial charge in [0, 0.05) is 49.6 Å². The molecule has 1 aromatic heterocycles. The van der Waals surface area contributed by atoms with Crippen LogP contribution in [0.5, 0.6) is 11.6 Å². The van der Waals surface area contributed by atoms with Crippen LogP contribution in [0.25, 0.3) is 0 Å². The summed E-state index contributed by atoms with van der Waals surface area (Å²) >= 11 is 0. The van der Waals surface area contributed by atoms with E-state index < -0.39 is 0 Å². The Labute approximate surface area is 203 Å². The highest BCUT2D eigenvalue weighted by Crippen LogP contribution is 2.37. The molecule has 1 fully saturated rings. The first-order valence-electron chi connectivity index (χ1n) is 12.5. The second kappa shape index (κ2) is 10.6. The highest BCUT2D eigenvalue weighted by molar-refractivity contribution is 5.94. The van der Waals surface area contributed by atoms with E-state index in [0.717, 1.165) is 56.9 Å². The van der Waals surface area contributed by atoms with Crippen molar-refractivity contribution in [3.05, 3.63) is 42.0 Å². The Kier molecular flexibility index (Phi) is 7.61. The largest absolute Gasteiger partial charge is 0.489 e. The van der Waals surface area contributed by atoms with Gasteiger partial charge < -0.3 is 19.7 Å². The lowest BCUT2D eigenvalue weighted by Crippen LogP contribution is -2.46. The number of benzene rings is 1. The van der Waals surface area contributed by atoms with Crippen molar-refractivity contribution in [3.8, 4) is 11.6 Å². The maximum atomic E-state index is 12.0. The third-order valence-corrected chi connectivity index (χ3v) is 6.52. The highest BCUT2D eigenvalue weighted by atomic mass is 16.5. The molecule has 7 nitrogen and oxygen atoms in total. The molecule has 0 aliphatic carbocycles. The maximum absolute atomic E-state index is 12.0. The average Bonchev–Trinajstić information content (AvgIpc) is 2.78. The van der Waals surface area contributed by atoms with Crippen LogP contribution in [0.3, 0.4) is 0 Å². The molecule has 1 aromatic carbocycles. The zero-order valence-electron chi connectivity index (χ0n) is 21.0. The van der Waals surface area contributed by atoms with Crippen molar-refractivity contribution in [1.82, 2.24) is 9.88 Å². The van der Waals surface area contributed by atoms with Gasteiger partial charge in [-0.2, -0.15) is 4.98 Å². The third kappa shape index (κ3) is 6.00. The molecule has 0 spiro atoms. The Morgan fingerprint density at radius 3 is 2.59 bits per heavy atom. The number of amides is 1. The number of hydrogen-bond donors (Lipinski definition) is 1. The molecule has 0 radical (unpaired) electrons. The number of pyridine rings is 1. The maximum Gasteiger partial charge on any atom is 0.226 e. The third-order valence-electron chi connectivity index (χ3n) is 6.52. The summed E-state index contributed by atoms with van der Waals surface area (Å²) in [4.78, 5) is 21.4. The summed E-state index contributed by atoms with van der Waals surface area (Å²) in [6.45, 7) is 14.1. The Morgan fingerprint density at radius 2 is 1.82 bits per heavy atom. The number of rotatable bonds is 9. The molecule has 1 saturated heterocycles. The second-order valence-electron chi connectivity index (χ2n) is 10.2. The minimum absolute atomic E-state index is 0.0122. The minimum Gasteiger partial charge on any atom is -0.489 e. The number of carbonyl (C=O) groups excluding carboxylic acids is 1. The Morgan fingerprint density at radius 1 is 1.06 bits per heavy atom. The standard InChI is InChI=1S/C27H38N4O3/c1-20(2)34-23-10-6-5-9-22(23)31-16-14-30(15-17-31)13-7-8-18-33-25-12-11-21-26(29-25)28-24(32)19-27(21,3)4/h5-6,9-12,20H,7-8,13-19H2,1-4H3,(H,28,29,32). The summed E-state index contributed by atoms with van der Waals surface area (Å²) in [6.07, 6.45) is 2.71. The van der Waals surface area contributed by atoms with Crippen molar-refractivity contribution in [2.45, 2.75) is 58.5 Å².